The standard InChI is InChI=1S/C15H24N2O3S/c16-21(19,20)15(10-5-2-6-11-15)12-9-14(18)17-13-7-3-1-4-8-13/h2,5-6,10,13H,1,3-4,7-9,11-12H2,(H,17,18)(H2,16,19,20)/t15-/m0/s1. The van der Waals surface area contributed by atoms with Gasteiger partial charge in [0, 0.05) is 12.5 Å². The molecule has 0 aromatic rings. The number of carbonyl (C=O) groups is 1. The van der Waals surface area contributed by atoms with E-state index in [-0.39, 0.29) is 24.8 Å². The van der Waals surface area contributed by atoms with E-state index >= 15 is 0 Å². The van der Waals surface area contributed by atoms with Crippen LogP contribution in [-0.2, 0) is 14.8 Å². The minimum atomic E-state index is -3.73. The molecule has 0 unspecified atom stereocenters. The van der Waals surface area contributed by atoms with Crippen molar-refractivity contribution in [3.63, 3.8) is 0 Å². The predicted molar refractivity (Wildman–Crippen MR) is 83.0 cm³/mol. The Morgan fingerprint density at radius 3 is 2.52 bits per heavy atom. The van der Waals surface area contributed by atoms with Crippen LogP contribution in [0.4, 0.5) is 0 Å². The maximum absolute atomic E-state index is 12.0. The van der Waals surface area contributed by atoms with Crippen molar-refractivity contribution >= 4 is 15.9 Å². The van der Waals surface area contributed by atoms with Crippen molar-refractivity contribution in [3.05, 3.63) is 24.3 Å². The Balaban J connectivity index is 1.91. The second kappa shape index (κ2) is 6.75. The van der Waals surface area contributed by atoms with E-state index in [2.05, 4.69) is 5.32 Å². The van der Waals surface area contributed by atoms with Crippen LogP contribution in [0, 0.1) is 0 Å². The number of nitrogens with one attached hydrogen (secondary N) is 1. The molecule has 21 heavy (non-hydrogen) atoms. The van der Waals surface area contributed by atoms with Crippen LogP contribution in [0.1, 0.15) is 51.4 Å². The summed E-state index contributed by atoms with van der Waals surface area (Å²) in [6.45, 7) is 0. The van der Waals surface area contributed by atoms with Crippen molar-refractivity contribution in [1.29, 1.82) is 0 Å². The zero-order chi connectivity index (χ0) is 15.3. The summed E-state index contributed by atoms with van der Waals surface area (Å²) < 4.78 is 22.6. The smallest absolute Gasteiger partial charge is 0.220 e. The van der Waals surface area contributed by atoms with Crippen LogP contribution in [0.2, 0.25) is 0 Å². The van der Waals surface area contributed by atoms with E-state index in [0.717, 1.165) is 25.7 Å². The quantitative estimate of drug-likeness (QED) is 0.810. The molecule has 0 aromatic heterocycles. The highest BCUT2D eigenvalue weighted by atomic mass is 32.2. The Morgan fingerprint density at radius 2 is 1.95 bits per heavy atom. The third-order valence-electron chi connectivity index (χ3n) is 4.42. The summed E-state index contributed by atoms with van der Waals surface area (Å²) >= 11 is 0. The molecular formula is C15H24N2O3S. The molecule has 0 spiro atoms. The molecule has 1 amide bonds. The summed E-state index contributed by atoms with van der Waals surface area (Å²) in [7, 11) is -3.73. The highest BCUT2D eigenvalue weighted by molar-refractivity contribution is 7.90. The first-order valence-electron chi connectivity index (χ1n) is 7.59. The molecule has 2 aliphatic rings. The molecular weight excluding hydrogens is 288 g/mol. The number of sulfonamides is 1. The van der Waals surface area contributed by atoms with Crippen LogP contribution in [-0.4, -0.2) is 25.1 Å². The normalized spacial score (nSPS) is 26.7. The summed E-state index contributed by atoms with van der Waals surface area (Å²) in [5, 5.41) is 8.38. The molecule has 1 fully saturated rings. The molecule has 0 radical (unpaired) electrons. The Morgan fingerprint density at radius 1 is 1.24 bits per heavy atom. The van der Waals surface area contributed by atoms with E-state index in [1.807, 2.05) is 0 Å². The van der Waals surface area contributed by atoms with Crippen LogP contribution in [0.25, 0.3) is 0 Å². The van der Waals surface area contributed by atoms with Crippen molar-refractivity contribution < 1.29 is 13.2 Å². The first-order chi connectivity index (χ1) is 9.93. The van der Waals surface area contributed by atoms with Gasteiger partial charge >= 0.3 is 0 Å². The Kier molecular flexibility index (Phi) is 5.22. The lowest BCUT2D eigenvalue weighted by molar-refractivity contribution is -0.122. The lowest BCUT2D eigenvalue weighted by atomic mass is 9.93. The lowest BCUT2D eigenvalue weighted by Crippen LogP contribution is -2.44. The van der Waals surface area contributed by atoms with Gasteiger partial charge in [0.2, 0.25) is 15.9 Å². The third-order valence-corrected chi connectivity index (χ3v) is 6.06. The number of amides is 1. The number of nitrogens with two attached hydrogens (primary N) is 1. The SMILES string of the molecule is NS(=O)(=O)[C@@]1(CCC(=O)NC2CCCCC2)C=CC=CC1. The Hall–Kier alpha value is -1.14. The number of carbonyl (C=O) groups excluding carboxylic acids is 1. The van der Waals surface area contributed by atoms with Crippen molar-refractivity contribution in [2.75, 3.05) is 0 Å². The number of rotatable bonds is 5. The monoisotopic (exact) mass is 312 g/mol. The summed E-state index contributed by atoms with van der Waals surface area (Å²) in [5.41, 5.74) is 0. The molecule has 6 heteroatoms. The van der Waals surface area contributed by atoms with Crippen LogP contribution in [0.15, 0.2) is 24.3 Å². The number of hydrogen-bond donors (Lipinski definition) is 2. The molecule has 0 bridgehead atoms. The van der Waals surface area contributed by atoms with Crippen molar-refractivity contribution in [1.82, 2.24) is 5.32 Å². The number of allylic oxidation sites excluding steroid dienone is 3. The van der Waals surface area contributed by atoms with Gasteiger partial charge in [-0.25, -0.2) is 13.6 Å². The van der Waals surface area contributed by atoms with E-state index in [0.29, 0.717) is 6.42 Å². The van der Waals surface area contributed by atoms with Gasteiger partial charge in [0.25, 0.3) is 0 Å². The first kappa shape index (κ1) is 16.2. The molecule has 2 aliphatic carbocycles. The third kappa shape index (κ3) is 4.17. The Labute approximate surface area is 126 Å². The van der Waals surface area contributed by atoms with Gasteiger partial charge in [-0.15, -0.1) is 0 Å². The topological polar surface area (TPSA) is 89.3 Å². The zero-order valence-corrected chi connectivity index (χ0v) is 13.1. The van der Waals surface area contributed by atoms with Gasteiger partial charge in [-0.2, -0.15) is 0 Å². The van der Waals surface area contributed by atoms with Crippen LogP contribution < -0.4 is 10.5 Å². The van der Waals surface area contributed by atoms with Gasteiger partial charge in [-0.05, 0) is 25.7 Å². The van der Waals surface area contributed by atoms with E-state index in [1.54, 1.807) is 24.3 Å². The maximum atomic E-state index is 12.0. The number of primary sulfonamides is 1. The van der Waals surface area contributed by atoms with E-state index in [4.69, 9.17) is 5.14 Å². The average Bonchev–Trinajstić information content (AvgIpc) is 2.46. The Bertz CT molecular complexity index is 533. The van der Waals surface area contributed by atoms with E-state index in [9.17, 15) is 13.2 Å². The van der Waals surface area contributed by atoms with Crippen LogP contribution in [0.3, 0.4) is 0 Å². The molecule has 0 heterocycles. The summed E-state index contributed by atoms with van der Waals surface area (Å²) in [4.78, 5) is 12.0. The average molecular weight is 312 g/mol. The van der Waals surface area contributed by atoms with E-state index in [1.165, 1.54) is 6.42 Å². The van der Waals surface area contributed by atoms with Crippen molar-refractivity contribution in [3.8, 4) is 0 Å². The van der Waals surface area contributed by atoms with Crippen molar-refractivity contribution in [2.24, 2.45) is 5.14 Å². The minimum Gasteiger partial charge on any atom is -0.353 e. The van der Waals surface area contributed by atoms with Crippen LogP contribution in [0.5, 0.6) is 0 Å². The minimum absolute atomic E-state index is 0.0760. The van der Waals surface area contributed by atoms with Gasteiger partial charge in [-0.3, -0.25) is 4.79 Å². The second-order valence-corrected chi connectivity index (χ2v) is 7.91. The molecule has 2 rings (SSSR count). The summed E-state index contributed by atoms with van der Waals surface area (Å²) in [6.07, 6.45) is 13.2. The van der Waals surface area contributed by atoms with Gasteiger partial charge in [0.15, 0.2) is 0 Å². The van der Waals surface area contributed by atoms with Crippen molar-refractivity contribution in [2.45, 2.75) is 62.2 Å². The zero-order valence-electron chi connectivity index (χ0n) is 12.3. The fraction of sp³-hybridized carbons (Fsp3) is 0.667. The molecule has 3 N–H and O–H groups in total. The lowest BCUT2D eigenvalue weighted by Gasteiger charge is -2.29. The molecule has 0 aliphatic heterocycles. The summed E-state index contributed by atoms with van der Waals surface area (Å²) in [5.74, 6) is -0.0760. The van der Waals surface area contributed by atoms with Gasteiger partial charge in [0.1, 0.15) is 4.75 Å². The fourth-order valence-corrected chi connectivity index (χ4v) is 4.04. The van der Waals surface area contributed by atoms with Crippen LogP contribution >= 0.6 is 0 Å². The maximum Gasteiger partial charge on any atom is 0.220 e. The first-order valence-corrected chi connectivity index (χ1v) is 9.14. The molecule has 5 nitrogen and oxygen atoms in total. The predicted octanol–water partition coefficient (Wildman–Crippen LogP) is 1.76. The van der Waals surface area contributed by atoms with E-state index < -0.39 is 14.8 Å². The molecule has 0 saturated heterocycles. The molecule has 0 aromatic carbocycles. The second-order valence-electron chi connectivity index (χ2n) is 6.00. The highest BCUT2D eigenvalue weighted by Crippen LogP contribution is 2.30. The fourth-order valence-electron chi connectivity index (χ4n) is 3.06. The molecule has 118 valence electrons. The van der Waals surface area contributed by atoms with Gasteiger partial charge in [-0.1, -0.05) is 43.6 Å². The number of hydrogen-bond acceptors (Lipinski definition) is 3. The van der Waals surface area contributed by atoms with Gasteiger partial charge in [0.05, 0.1) is 0 Å². The van der Waals surface area contributed by atoms with Gasteiger partial charge < -0.3 is 5.32 Å². The largest absolute Gasteiger partial charge is 0.353 e. The molecule has 1 saturated carbocycles. The highest BCUT2D eigenvalue weighted by Gasteiger charge is 2.39. The summed E-state index contributed by atoms with van der Waals surface area (Å²) in [6, 6.07) is 0.249. The molecule has 1 atom stereocenters.